The number of hydrogen-bond donors (Lipinski definition) is 1. The van der Waals surface area contributed by atoms with E-state index in [1.165, 1.54) is 0 Å². The predicted octanol–water partition coefficient (Wildman–Crippen LogP) is 2.11. The lowest BCUT2D eigenvalue weighted by Crippen LogP contribution is -2.31. The molecule has 3 rings (SSSR count). The number of rotatable bonds is 5. The predicted molar refractivity (Wildman–Crippen MR) is 82.3 cm³/mol. The lowest BCUT2D eigenvalue weighted by molar-refractivity contribution is -0.117. The van der Waals surface area contributed by atoms with Crippen LogP contribution >= 0.6 is 0 Å². The molecule has 108 valence electrons. The van der Waals surface area contributed by atoms with Crippen molar-refractivity contribution in [2.24, 2.45) is 5.73 Å². The Hall–Kier alpha value is -2.33. The number of fused-ring (bicyclic) bond motifs is 1. The molecular weight excluding hydrogens is 264 g/mol. The number of nitrogens with two attached hydrogens (primary N) is 1. The van der Waals surface area contributed by atoms with Crippen molar-refractivity contribution in [2.75, 3.05) is 18.1 Å². The lowest BCUT2D eigenvalue weighted by Gasteiger charge is -2.18. The number of amides is 1. The molecule has 0 bridgehead atoms. The van der Waals surface area contributed by atoms with Gasteiger partial charge in [-0.3, -0.25) is 4.79 Å². The van der Waals surface area contributed by atoms with Crippen LogP contribution in [0.2, 0.25) is 0 Å². The molecule has 1 heterocycles. The third kappa shape index (κ3) is 2.76. The van der Waals surface area contributed by atoms with E-state index in [4.69, 9.17) is 10.5 Å². The van der Waals surface area contributed by atoms with Crippen molar-refractivity contribution in [3.05, 3.63) is 59.7 Å². The molecule has 0 fully saturated rings. The average Bonchev–Trinajstić information content (AvgIpc) is 2.84. The van der Waals surface area contributed by atoms with Crippen LogP contribution in [0.1, 0.15) is 11.1 Å². The van der Waals surface area contributed by atoms with Gasteiger partial charge in [-0.2, -0.15) is 0 Å². The van der Waals surface area contributed by atoms with Gasteiger partial charge in [-0.05, 0) is 17.7 Å². The van der Waals surface area contributed by atoms with Crippen LogP contribution in [0.3, 0.4) is 0 Å². The van der Waals surface area contributed by atoms with Gasteiger partial charge in [0.25, 0.3) is 0 Å². The molecule has 2 N–H and O–H groups in total. The molecular formula is C17H18N2O2. The van der Waals surface area contributed by atoms with E-state index in [9.17, 15) is 4.79 Å². The van der Waals surface area contributed by atoms with Crippen molar-refractivity contribution >= 4 is 11.6 Å². The van der Waals surface area contributed by atoms with Gasteiger partial charge >= 0.3 is 0 Å². The maximum atomic E-state index is 12.0. The first-order chi connectivity index (χ1) is 10.3. The third-order valence-electron chi connectivity index (χ3n) is 3.69. The van der Waals surface area contributed by atoms with Gasteiger partial charge < -0.3 is 15.4 Å². The highest BCUT2D eigenvalue weighted by Gasteiger charge is 2.26. The molecule has 2 aromatic rings. The third-order valence-corrected chi connectivity index (χ3v) is 3.69. The van der Waals surface area contributed by atoms with Gasteiger partial charge in [0, 0.05) is 17.8 Å². The fraction of sp³-hybridized carbons (Fsp3) is 0.235. The molecule has 0 aliphatic carbocycles. The van der Waals surface area contributed by atoms with E-state index in [1.807, 2.05) is 48.5 Å². The number of ether oxygens (including phenoxy) is 1. The van der Waals surface area contributed by atoms with Crippen LogP contribution in [-0.2, 0) is 17.8 Å². The van der Waals surface area contributed by atoms with Gasteiger partial charge in [0.15, 0.2) is 0 Å². The molecule has 0 unspecified atom stereocenters. The maximum absolute atomic E-state index is 12.0. The summed E-state index contributed by atoms with van der Waals surface area (Å²) in [6.07, 6.45) is 0.482. The van der Waals surface area contributed by atoms with Crippen molar-refractivity contribution < 1.29 is 9.53 Å². The molecule has 0 atom stereocenters. The summed E-state index contributed by atoms with van der Waals surface area (Å²) in [7, 11) is 0. The Balaban J connectivity index is 1.65. The number of carbonyl (C=O) groups excluding carboxylic acids is 1. The molecule has 1 aliphatic heterocycles. The monoisotopic (exact) mass is 282 g/mol. The van der Waals surface area contributed by atoms with E-state index in [0.717, 1.165) is 22.6 Å². The summed E-state index contributed by atoms with van der Waals surface area (Å²) < 4.78 is 5.78. The summed E-state index contributed by atoms with van der Waals surface area (Å²) in [4.78, 5) is 13.8. The summed E-state index contributed by atoms with van der Waals surface area (Å²) in [6, 6.07) is 15.6. The van der Waals surface area contributed by atoms with Gasteiger partial charge in [0.2, 0.25) is 5.91 Å². The number of benzene rings is 2. The van der Waals surface area contributed by atoms with E-state index in [2.05, 4.69) is 0 Å². The summed E-state index contributed by atoms with van der Waals surface area (Å²) >= 11 is 0. The highest BCUT2D eigenvalue weighted by molar-refractivity contribution is 6.01. The van der Waals surface area contributed by atoms with Gasteiger partial charge in [-0.25, -0.2) is 0 Å². The van der Waals surface area contributed by atoms with Crippen LogP contribution in [0, 0.1) is 0 Å². The fourth-order valence-corrected chi connectivity index (χ4v) is 2.62. The Labute approximate surface area is 124 Å². The lowest BCUT2D eigenvalue weighted by atomic mass is 10.2. The second kappa shape index (κ2) is 5.97. The van der Waals surface area contributed by atoms with Crippen molar-refractivity contribution in [2.45, 2.75) is 13.0 Å². The van der Waals surface area contributed by atoms with Crippen molar-refractivity contribution in [3.63, 3.8) is 0 Å². The molecule has 0 saturated carbocycles. The molecule has 2 aromatic carbocycles. The molecule has 0 radical (unpaired) electrons. The summed E-state index contributed by atoms with van der Waals surface area (Å²) in [5.41, 5.74) is 8.75. The summed E-state index contributed by atoms with van der Waals surface area (Å²) in [5, 5.41) is 0. The number of hydrogen-bond acceptors (Lipinski definition) is 3. The molecule has 1 amide bonds. The highest BCUT2D eigenvalue weighted by Crippen LogP contribution is 2.28. The van der Waals surface area contributed by atoms with Crippen LogP contribution in [0.4, 0.5) is 5.69 Å². The number of carbonyl (C=O) groups is 1. The highest BCUT2D eigenvalue weighted by atomic mass is 16.5. The van der Waals surface area contributed by atoms with E-state index < -0.39 is 0 Å². The quantitative estimate of drug-likeness (QED) is 0.914. The Bertz CT molecular complexity index is 655. The van der Waals surface area contributed by atoms with E-state index in [0.29, 0.717) is 26.1 Å². The van der Waals surface area contributed by atoms with Crippen LogP contribution in [0.25, 0.3) is 0 Å². The van der Waals surface area contributed by atoms with Gasteiger partial charge in [0.05, 0.1) is 13.0 Å². The Morgan fingerprint density at radius 3 is 2.71 bits per heavy atom. The minimum absolute atomic E-state index is 0.131. The van der Waals surface area contributed by atoms with Gasteiger partial charge in [0.1, 0.15) is 12.4 Å². The second-order valence-electron chi connectivity index (χ2n) is 5.01. The molecule has 0 aromatic heterocycles. The van der Waals surface area contributed by atoms with E-state index >= 15 is 0 Å². The van der Waals surface area contributed by atoms with Crippen molar-refractivity contribution in [1.29, 1.82) is 0 Å². The Kier molecular flexibility index (Phi) is 3.88. The molecule has 21 heavy (non-hydrogen) atoms. The van der Waals surface area contributed by atoms with Crippen LogP contribution in [0.5, 0.6) is 5.75 Å². The minimum Gasteiger partial charge on any atom is -0.491 e. The van der Waals surface area contributed by atoms with Crippen molar-refractivity contribution in [1.82, 2.24) is 0 Å². The number of anilines is 1. The number of nitrogens with zero attached hydrogens (tertiary/aromatic N) is 1. The van der Waals surface area contributed by atoms with Crippen LogP contribution in [0.15, 0.2) is 48.5 Å². The molecule has 4 nitrogen and oxygen atoms in total. The van der Waals surface area contributed by atoms with Crippen LogP contribution in [-0.4, -0.2) is 19.1 Å². The van der Waals surface area contributed by atoms with Crippen molar-refractivity contribution in [3.8, 4) is 5.75 Å². The van der Waals surface area contributed by atoms with E-state index in [-0.39, 0.29) is 5.91 Å². The molecule has 0 spiro atoms. The summed E-state index contributed by atoms with van der Waals surface area (Å²) in [5.74, 6) is 0.923. The fourth-order valence-electron chi connectivity index (χ4n) is 2.62. The first kappa shape index (κ1) is 13.6. The number of para-hydroxylation sites is 2. The first-order valence-electron chi connectivity index (χ1n) is 7.08. The van der Waals surface area contributed by atoms with Gasteiger partial charge in [-0.1, -0.05) is 36.4 Å². The zero-order chi connectivity index (χ0) is 14.7. The molecule has 1 aliphatic rings. The standard InChI is InChI=1S/C17H18N2O2/c18-12-14-6-2-4-8-16(14)21-10-9-19-15-7-3-1-5-13(15)11-17(19)20/h1-8H,9-12,18H2. The normalized spacial score (nSPS) is 13.4. The van der Waals surface area contributed by atoms with E-state index in [1.54, 1.807) is 4.90 Å². The van der Waals surface area contributed by atoms with Gasteiger partial charge in [-0.15, -0.1) is 0 Å². The second-order valence-corrected chi connectivity index (χ2v) is 5.01. The maximum Gasteiger partial charge on any atom is 0.231 e. The molecule has 4 heteroatoms. The largest absolute Gasteiger partial charge is 0.491 e. The molecule has 0 saturated heterocycles. The van der Waals surface area contributed by atoms with Crippen LogP contribution < -0.4 is 15.4 Å². The SMILES string of the molecule is NCc1ccccc1OCCN1C(=O)Cc2ccccc21. The topological polar surface area (TPSA) is 55.6 Å². The Morgan fingerprint density at radius 2 is 1.86 bits per heavy atom. The zero-order valence-electron chi connectivity index (χ0n) is 11.8. The summed E-state index contributed by atoms with van der Waals surface area (Å²) in [6.45, 7) is 1.45. The minimum atomic E-state index is 0.131. The average molecular weight is 282 g/mol. The smallest absolute Gasteiger partial charge is 0.231 e. The zero-order valence-corrected chi connectivity index (χ0v) is 11.8. The first-order valence-corrected chi connectivity index (χ1v) is 7.08. The Morgan fingerprint density at radius 1 is 1.10 bits per heavy atom.